The number of hydrogen-bond donors (Lipinski definition) is 2. The molecule has 0 aliphatic rings. The third-order valence-electron chi connectivity index (χ3n) is 2.91. The lowest BCUT2D eigenvalue weighted by atomic mass is 10.0. The first-order valence-electron chi connectivity index (χ1n) is 5.12. The lowest BCUT2D eigenvalue weighted by molar-refractivity contribution is 0.204. The second kappa shape index (κ2) is 3.87. The monoisotopic (exact) mass is 282 g/mol. The zero-order chi connectivity index (χ0) is 11.9. The second-order valence-electron chi connectivity index (χ2n) is 4.31. The van der Waals surface area contributed by atoms with Crippen LogP contribution in [-0.2, 0) is 12.6 Å². The van der Waals surface area contributed by atoms with Crippen molar-refractivity contribution in [1.29, 1.82) is 0 Å². The molecule has 1 atom stereocenters. The molecule has 16 heavy (non-hydrogen) atoms. The molecule has 4 heteroatoms. The Balaban J connectivity index is 2.81. The molecule has 0 amide bonds. The maximum absolute atomic E-state index is 9.36. The summed E-state index contributed by atoms with van der Waals surface area (Å²) in [6, 6.07) is 8.06. The van der Waals surface area contributed by atoms with Gasteiger partial charge in [-0.05, 0) is 28.9 Å². The van der Waals surface area contributed by atoms with Gasteiger partial charge in [-0.25, -0.2) is 0 Å². The summed E-state index contributed by atoms with van der Waals surface area (Å²) < 4.78 is 2.99. The highest BCUT2D eigenvalue weighted by Crippen LogP contribution is 2.35. The van der Waals surface area contributed by atoms with Crippen LogP contribution in [-0.4, -0.2) is 16.3 Å². The van der Waals surface area contributed by atoms with Gasteiger partial charge in [0, 0.05) is 22.4 Å². The summed E-state index contributed by atoms with van der Waals surface area (Å²) in [5.74, 6) is 0. The molecular weight excluding hydrogens is 268 g/mol. The standard InChI is InChI=1S/C12H15BrN2O/c1-12(14,7-16)11-10(13)8-5-3-4-6-9(8)15(11)2/h3-6,16H,7,14H2,1-2H3. The fraction of sp³-hybridized carbons (Fsp3) is 0.333. The Morgan fingerprint density at radius 1 is 1.44 bits per heavy atom. The van der Waals surface area contributed by atoms with Gasteiger partial charge in [-0.15, -0.1) is 0 Å². The number of fused-ring (bicyclic) bond motifs is 1. The van der Waals surface area contributed by atoms with E-state index in [-0.39, 0.29) is 6.61 Å². The van der Waals surface area contributed by atoms with Gasteiger partial charge in [0.05, 0.1) is 17.8 Å². The average Bonchev–Trinajstić information content (AvgIpc) is 2.53. The van der Waals surface area contributed by atoms with Crippen molar-refractivity contribution in [1.82, 2.24) is 4.57 Å². The first-order valence-corrected chi connectivity index (χ1v) is 5.91. The van der Waals surface area contributed by atoms with Crippen LogP contribution in [0.15, 0.2) is 28.7 Å². The quantitative estimate of drug-likeness (QED) is 0.887. The number of aliphatic hydroxyl groups excluding tert-OH is 1. The molecule has 2 aromatic rings. The lowest BCUT2D eigenvalue weighted by Gasteiger charge is -2.23. The molecule has 0 spiro atoms. The van der Waals surface area contributed by atoms with Crippen molar-refractivity contribution in [2.75, 3.05) is 6.61 Å². The number of benzene rings is 1. The fourth-order valence-electron chi connectivity index (χ4n) is 2.06. The van der Waals surface area contributed by atoms with E-state index in [9.17, 15) is 5.11 Å². The molecule has 3 nitrogen and oxygen atoms in total. The molecule has 0 saturated heterocycles. The normalized spacial score (nSPS) is 15.3. The average molecular weight is 283 g/mol. The maximum atomic E-state index is 9.36. The molecule has 0 aliphatic heterocycles. The molecular formula is C12H15BrN2O. The lowest BCUT2D eigenvalue weighted by Crippen LogP contribution is -2.39. The summed E-state index contributed by atoms with van der Waals surface area (Å²) in [7, 11) is 1.96. The zero-order valence-electron chi connectivity index (χ0n) is 9.37. The number of para-hydroxylation sites is 1. The number of aromatic nitrogens is 1. The van der Waals surface area contributed by atoms with Gasteiger partial charge in [0.25, 0.3) is 0 Å². The van der Waals surface area contributed by atoms with E-state index in [2.05, 4.69) is 15.9 Å². The fourth-order valence-corrected chi connectivity index (χ4v) is 3.11. The molecule has 0 radical (unpaired) electrons. The number of halogens is 1. The second-order valence-corrected chi connectivity index (χ2v) is 5.11. The van der Waals surface area contributed by atoms with E-state index < -0.39 is 5.54 Å². The minimum Gasteiger partial charge on any atom is -0.394 e. The van der Waals surface area contributed by atoms with Crippen LogP contribution in [0.2, 0.25) is 0 Å². The molecule has 2 rings (SSSR count). The van der Waals surface area contributed by atoms with E-state index in [1.807, 2.05) is 42.8 Å². The molecule has 1 aromatic heterocycles. The summed E-state index contributed by atoms with van der Waals surface area (Å²) in [6.45, 7) is 1.74. The topological polar surface area (TPSA) is 51.2 Å². The SMILES string of the molecule is Cn1c(C(C)(N)CO)c(Br)c2ccccc21. The highest BCUT2D eigenvalue weighted by Gasteiger charge is 2.28. The first kappa shape index (κ1) is 11.6. The number of nitrogens with zero attached hydrogens (tertiary/aromatic N) is 1. The van der Waals surface area contributed by atoms with Crippen LogP contribution in [0.1, 0.15) is 12.6 Å². The summed E-state index contributed by atoms with van der Waals surface area (Å²) in [4.78, 5) is 0. The number of rotatable bonds is 2. The Morgan fingerprint density at radius 3 is 2.62 bits per heavy atom. The van der Waals surface area contributed by atoms with Crippen molar-refractivity contribution in [3.8, 4) is 0 Å². The van der Waals surface area contributed by atoms with Crippen LogP contribution < -0.4 is 5.73 Å². The minimum atomic E-state index is -0.743. The van der Waals surface area contributed by atoms with Gasteiger partial charge >= 0.3 is 0 Å². The van der Waals surface area contributed by atoms with Crippen molar-refractivity contribution in [3.63, 3.8) is 0 Å². The predicted octanol–water partition coefficient (Wildman–Crippen LogP) is 2.11. The van der Waals surface area contributed by atoms with Crippen molar-refractivity contribution in [2.24, 2.45) is 12.8 Å². The molecule has 3 N–H and O–H groups in total. The van der Waals surface area contributed by atoms with Crippen LogP contribution in [0, 0.1) is 0 Å². The van der Waals surface area contributed by atoms with Crippen LogP contribution in [0.4, 0.5) is 0 Å². The highest BCUT2D eigenvalue weighted by molar-refractivity contribution is 9.10. The third-order valence-corrected chi connectivity index (χ3v) is 3.72. The van der Waals surface area contributed by atoms with E-state index >= 15 is 0 Å². The van der Waals surface area contributed by atoms with E-state index in [0.29, 0.717) is 0 Å². The van der Waals surface area contributed by atoms with Crippen LogP contribution in [0.5, 0.6) is 0 Å². The molecule has 1 aromatic carbocycles. The van der Waals surface area contributed by atoms with E-state index in [1.165, 1.54) is 0 Å². The predicted molar refractivity (Wildman–Crippen MR) is 69.2 cm³/mol. The molecule has 0 bridgehead atoms. The van der Waals surface area contributed by atoms with Crippen molar-refractivity contribution in [2.45, 2.75) is 12.5 Å². The minimum absolute atomic E-state index is 0.0875. The smallest absolute Gasteiger partial charge is 0.0780 e. The zero-order valence-corrected chi connectivity index (χ0v) is 11.0. The maximum Gasteiger partial charge on any atom is 0.0780 e. The Bertz CT molecular complexity index is 492. The third kappa shape index (κ3) is 1.57. The molecule has 86 valence electrons. The van der Waals surface area contributed by atoms with Gasteiger partial charge in [-0.1, -0.05) is 18.2 Å². The van der Waals surface area contributed by atoms with Crippen molar-refractivity contribution >= 4 is 26.8 Å². The molecule has 0 fully saturated rings. The van der Waals surface area contributed by atoms with Gasteiger partial charge in [-0.3, -0.25) is 0 Å². The van der Waals surface area contributed by atoms with E-state index in [1.54, 1.807) is 0 Å². The Hall–Kier alpha value is -0.840. The van der Waals surface area contributed by atoms with E-state index in [0.717, 1.165) is 21.1 Å². The molecule has 1 heterocycles. The van der Waals surface area contributed by atoms with Crippen molar-refractivity contribution < 1.29 is 5.11 Å². The molecule has 0 aliphatic carbocycles. The Kier molecular flexibility index (Phi) is 2.82. The number of hydrogen-bond acceptors (Lipinski definition) is 2. The van der Waals surface area contributed by atoms with Crippen LogP contribution in [0.3, 0.4) is 0 Å². The molecule has 1 unspecified atom stereocenters. The van der Waals surface area contributed by atoms with Crippen molar-refractivity contribution in [3.05, 3.63) is 34.4 Å². The van der Waals surface area contributed by atoms with Gasteiger partial charge in [0.2, 0.25) is 0 Å². The Morgan fingerprint density at radius 2 is 2.06 bits per heavy atom. The first-order chi connectivity index (χ1) is 7.49. The molecule has 0 saturated carbocycles. The number of aliphatic hydroxyl groups is 1. The van der Waals surface area contributed by atoms with Gasteiger partial charge in [-0.2, -0.15) is 0 Å². The van der Waals surface area contributed by atoms with Crippen LogP contribution in [0.25, 0.3) is 10.9 Å². The van der Waals surface area contributed by atoms with Gasteiger partial charge < -0.3 is 15.4 Å². The highest BCUT2D eigenvalue weighted by atomic mass is 79.9. The van der Waals surface area contributed by atoms with Gasteiger partial charge in [0.1, 0.15) is 0 Å². The van der Waals surface area contributed by atoms with E-state index in [4.69, 9.17) is 5.73 Å². The van der Waals surface area contributed by atoms with Gasteiger partial charge in [0.15, 0.2) is 0 Å². The largest absolute Gasteiger partial charge is 0.394 e. The number of nitrogens with two attached hydrogens (primary N) is 1. The van der Waals surface area contributed by atoms with Crippen LogP contribution >= 0.6 is 15.9 Å². The summed E-state index contributed by atoms with van der Waals surface area (Å²) in [5, 5.41) is 10.5. The summed E-state index contributed by atoms with van der Waals surface area (Å²) >= 11 is 3.57. The number of aryl methyl sites for hydroxylation is 1. The Labute approximate surface area is 103 Å². The summed E-state index contributed by atoms with van der Waals surface area (Å²) in [6.07, 6.45) is 0. The summed E-state index contributed by atoms with van der Waals surface area (Å²) in [5.41, 5.74) is 7.38.